The minimum absolute atomic E-state index is 0.0251. The molecule has 0 aromatic rings. The zero-order valence-electron chi connectivity index (χ0n) is 31.6. The molecule has 49 heavy (non-hydrogen) atoms. The summed E-state index contributed by atoms with van der Waals surface area (Å²) in [6.07, 6.45) is 37.2. The molecule has 1 N–H and O–H groups in total. The molecule has 0 aliphatic heterocycles. The molecule has 2 unspecified atom stereocenters. The molecule has 0 rings (SSSR count). The average Bonchev–Trinajstić information content (AvgIpc) is 3.05. The summed E-state index contributed by atoms with van der Waals surface area (Å²) in [7, 11) is 5.47. The van der Waals surface area contributed by atoms with Crippen LogP contribution < -0.4 is 0 Å². The molecule has 0 heterocycles. The van der Waals surface area contributed by atoms with Gasteiger partial charge in [-0.2, -0.15) is 0 Å². The van der Waals surface area contributed by atoms with Gasteiger partial charge in [-0.25, -0.2) is 4.79 Å². The summed E-state index contributed by atoms with van der Waals surface area (Å²) in [6.45, 7) is 4.53. The summed E-state index contributed by atoms with van der Waals surface area (Å²) < 4.78 is 17.0. The van der Waals surface area contributed by atoms with Crippen LogP contribution >= 0.6 is 0 Å². The first kappa shape index (κ1) is 46.0. The monoisotopic (exact) mass is 689 g/mol. The standard InChI is InChI=1S/C41H69NO7/c1-6-8-10-12-14-16-17-18-19-20-21-22-23-24-26-28-30-32-40(44)49-37(35-47-34-33-38(41(45)46)42(3,4)5)36-48-39(43)31-29-27-25-15-13-11-9-7-2/h14,16,18-19,21-22,24-27,37-38H,6-13,15,17,20,23,28-36H2,1-5H3/p+1/b16-14+,19-18+,22-21+,26-24+,27-25+. The van der Waals surface area contributed by atoms with Crippen LogP contribution in [0.5, 0.6) is 0 Å². The minimum Gasteiger partial charge on any atom is -0.477 e. The average molecular weight is 689 g/mol. The first-order valence-corrected chi connectivity index (χ1v) is 18.8. The van der Waals surface area contributed by atoms with Gasteiger partial charge < -0.3 is 23.8 Å². The van der Waals surface area contributed by atoms with Gasteiger partial charge in [0, 0.05) is 19.3 Å². The Hall–Kier alpha value is -2.97. The second-order valence-corrected chi connectivity index (χ2v) is 13.5. The fourth-order valence-corrected chi connectivity index (χ4v) is 4.92. The van der Waals surface area contributed by atoms with E-state index in [1.54, 1.807) is 0 Å². The van der Waals surface area contributed by atoms with Crippen LogP contribution in [-0.4, -0.2) is 80.6 Å². The number of carboxylic acid groups (broad SMARTS) is 1. The molecule has 280 valence electrons. The van der Waals surface area contributed by atoms with Crippen molar-refractivity contribution in [3.05, 3.63) is 60.8 Å². The molecule has 0 radical (unpaired) electrons. The molecular formula is C41H70NO7+. The van der Waals surface area contributed by atoms with Gasteiger partial charge in [0.1, 0.15) is 6.61 Å². The number of quaternary nitrogens is 1. The van der Waals surface area contributed by atoms with Crippen molar-refractivity contribution in [2.45, 2.75) is 142 Å². The third kappa shape index (κ3) is 30.8. The van der Waals surface area contributed by atoms with Crippen LogP contribution in [-0.2, 0) is 28.6 Å². The highest BCUT2D eigenvalue weighted by Crippen LogP contribution is 2.10. The highest BCUT2D eigenvalue weighted by molar-refractivity contribution is 5.72. The number of hydrogen-bond acceptors (Lipinski definition) is 6. The fraction of sp³-hybridized carbons (Fsp3) is 0.683. The van der Waals surface area contributed by atoms with Crippen LogP contribution in [0, 0.1) is 0 Å². The van der Waals surface area contributed by atoms with Gasteiger partial charge in [-0.15, -0.1) is 0 Å². The van der Waals surface area contributed by atoms with Crippen LogP contribution in [0.4, 0.5) is 0 Å². The number of hydrogen-bond donors (Lipinski definition) is 1. The molecular weight excluding hydrogens is 618 g/mol. The Morgan fingerprint density at radius 3 is 1.69 bits per heavy atom. The van der Waals surface area contributed by atoms with Crippen molar-refractivity contribution in [2.75, 3.05) is 41.0 Å². The summed E-state index contributed by atoms with van der Waals surface area (Å²) in [5, 5.41) is 9.56. The van der Waals surface area contributed by atoms with Gasteiger partial charge in [-0.3, -0.25) is 9.59 Å². The number of unbranched alkanes of at least 4 members (excludes halogenated alkanes) is 8. The van der Waals surface area contributed by atoms with Crippen LogP contribution in [0.2, 0.25) is 0 Å². The Morgan fingerprint density at radius 2 is 1.12 bits per heavy atom. The zero-order valence-corrected chi connectivity index (χ0v) is 31.6. The molecule has 8 heteroatoms. The van der Waals surface area contributed by atoms with Crippen molar-refractivity contribution >= 4 is 17.9 Å². The molecule has 0 amide bonds. The van der Waals surface area contributed by atoms with Gasteiger partial charge in [0.05, 0.1) is 34.4 Å². The molecule has 0 aliphatic carbocycles. The van der Waals surface area contributed by atoms with E-state index >= 15 is 0 Å². The maximum absolute atomic E-state index is 12.6. The van der Waals surface area contributed by atoms with Gasteiger partial charge in [0.25, 0.3) is 0 Å². The molecule has 0 fully saturated rings. The number of allylic oxidation sites excluding steroid dienone is 10. The van der Waals surface area contributed by atoms with E-state index in [2.05, 4.69) is 68.5 Å². The summed E-state index contributed by atoms with van der Waals surface area (Å²) in [4.78, 5) is 36.6. The smallest absolute Gasteiger partial charge is 0.362 e. The van der Waals surface area contributed by atoms with Crippen molar-refractivity contribution in [1.29, 1.82) is 0 Å². The van der Waals surface area contributed by atoms with Gasteiger partial charge in [-0.05, 0) is 64.2 Å². The zero-order chi connectivity index (χ0) is 36.4. The topological polar surface area (TPSA) is 99.1 Å². The fourth-order valence-electron chi connectivity index (χ4n) is 4.92. The number of carboxylic acids is 1. The normalized spacial score (nSPS) is 13.7. The Kier molecular flexibility index (Phi) is 30.3. The molecule has 0 saturated heterocycles. The van der Waals surface area contributed by atoms with Crippen molar-refractivity contribution in [2.24, 2.45) is 0 Å². The molecule has 0 aliphatic rings. The van der Waals surface area contributed by atoms with Crippen LogP contribution in [0.3, 0.4) is 0 Å². The Labute approximate surface area is 298 Å². The van der Waals surface area contributed by atoms with Crippen molar-refractivity contribution in [3.63, 3.8) is 0 Å². The molecule has 0 saturated carbocycles. The van der Waals surface area contributed by atoms with Gasteiger partial charge in [0.15, 0.2) is 12.1 Å². The second kappa shape index (κ2) is 32.2. The first-order valence-electron chi connectivity index (χ1n) is 18.8. The van der Waals surface area contributed by atoms with E-state index in [9.17, 15) is 19.5 Å². The molecule has 0 aromatic heterocycles. The maximum atomic E-state index is 12.6. The predicted octanol–water partition coefficient (Wildman–Crippen LogP) is 9.46. The van der Waals surface area contributed by atoms with E-state index in [0.717, 1.165) is 38.5 Å². The summed E-state index contributed by atoms with van der Waals surface area (Å²) in [6, 6.07) is -0.628. The van der Waals surface area contributed by atoms with E-state index < -0.39 is 18.1 Å². The predicted molar refractivity (Wildman–Crippen MR) is 201 cm³/mol. The third-order valence-electron chi connectivity index (χ3n) is 7.90. The number of nitrogens with zero attached hydrogens (tertiary/aromatic N) is 1. The van der Waals surface area contributed by atoms with Crippen molar-refractivity contribution < 1.29 is 38.2 Å². The van der Waals surface area contributed by atoms with Crippen molar-refractivity contribution in [3.8, 4) is 0 Å². The Bertz CT molecular complexity index is 990. The summed E-state index contributed by atoms with van der Waals surface area (Å²) in [5.41, 5.74) is 0. The Balaban J connectivity index is 4.55. The molecule has 0 bridgehead atoms. The maximum Gasteiger partial charge on any atom is 0.362 e. The number of likely N-dealkylation sites (N-methyl/N-ethyl adjacent to an activating group) is 1. The SMILES string of the molecule is CCCCC/C=C/C/C=C/C/C=C/C/C=C/CCCC(=O)OC(COCCC(C(=O)O)[N+](C)(C)C)COC(=O)CC/C=C/CCCCCC. The van der Waals surface area contributed by atoms with Gasteiger partial charge >= 0.3 is 17.9 Å². The quantitative estimate of drug-likeness (QED) is 0.0325. The minimum atomic E-state index is -0.891. The lowest BCUT2D eigenvalue weighted by molar-refractivity contribution is -0.887. The van der Waals surface area contributed by atoms with E-state index in [1.165, 1.54) is 44.9 Å². The van der Waals surface area contributed by atoms with Crippen LogP contribution in [0.15, 0.2) is 60.8 Å². The number of carbonyl (C=O) groups is 3. The number of carbonyl (C=O) groups excluding carboxylic acids is 2. The van der Waals surface area contributed by atoms with E-state index in [4.69, 9.17) is 14.2 Å². The lowest BCUT2D eigenvalue weighted by Gasteiger charge is -2.31. The largest absolute Gasteiger partial charge is 0.477 e. The highest BCUT2D eigenvalue weighted by Gasteiger charge is 2.31. The third-order valence-corrected chi connectivity index (χ3v) is 7.90. The lowest BCUT2D eigenvalue weighted by Crippen LogP contribution is -2.50. The summed E-state index contributed by atoms with van der Waals surface area (Å²) >= 11 is 0. The first-order chi connectivity index (χ1) is 23.6. The molecule has 0 spiro atoms. The highest BCUT2D eigenvalue weighted by atomic mass is 16.6. The molecule has 0 aromatic carbocycles. The summed E-state index contributed by atoms with van der Waals surface area (Å²) in [5.74, 6) is -1.62. The Morgan fingerprint density at radius 1 is 0.612 bits per heavy atom. The van der Waals surface area contributed by atoms with Gasteiger partial charge in [-0.1, -0.05) is 107 Å². The van der Waals surface area contributed by atoms with E-state index in [1.807, 2.05) is 27.2 Å². The number of ether oxygens (including phenoxy) is 3. The number of aliphatic carboxylic acids is 1. The lowest BCUT2D eigenvalue weighted by atomic mass is 10.1. The van der Waals surface area contributed by atoms with Gasteiger partial charge in [0.2, 0.25) is 0 Å². The van der Waals surface area contributed by atoms with Crippen LogP contribution in [0.1, 0.15) is 129 Å². The van der Waals surface area contributed by atoms with E-state index in [0.29, 0.717) is 19.3 Å². The van der Waals surface area contributed by atoms with Crippen molar-refractivity contribution in [1.82, 2.24) is 0 Å². The number of esters is 2. The van der Waals surface area contributed by atoms with Crippen LogP contribution in [0.25, 0.3) is 0 Å². The second-order valence-electron chi connectivity index (χ2n) is 13.5. The van der Waals surface area contributed by atoms with E-state index in [-0.39, 0.29) is 49.1 Å². The molecule has 8 nitrogen and oxygen atoms in total. The number of rotatable bonds is 32. The molecule has 2 atom stereocenters.